The minimum Gasteiger partial charge on any atom is -0.432 e. The Morgan fingerprint density at radius 2 is 1.19 bits per heavy atom. The maximum absolute atomic E-state index is 11.0. The zero-order valence-corrected chi connectivity index (χ0v) is 10.2. The van der Waals surface area contributed by atoms with E-state index in [1.165, 1.54) is 0 Å². The van der Waals surface area contributed by atoms with Gasteiger partial charge in [0.15, 0.2) is 0 Å². The zero-order valence-electron chi connectivity index (χ0n) is 10.2. The van der Waals surface area contributed by atoms with Gasteiger partial charge in [-0.25, -0.2) is 4.79 Å². The summed E-state index contributed by atoms with van der Waals surface area (Å²) >= 11 is 0. The van der Waals surface area contributed by atoms with Crippen LogP contribution in [0.2, 0.25) is 0 Å². The van der Waals surface area contributed by atoms with Gasteiger partial charge >= 0.3 is 6.16 Å². The van der Waals surface area contributed by atoms with Gasteiger partial charge in [0.2, 0.25) is 0 Å². The van der Waals surface area contributed by atoms with Crippen LogP contribution in [0, 0.1) is 0 Å². The standard InChI is InChI=1S/C11H22O5/c1-3-5-13-7-9-15-11(12)16-10-8-14-6-4-2/h3-10H2,1-2H3. The quantitative estimate of drug-likeness (QED) is 0.427. The summed E-state index contributed by atoms with van der Waals surface area (Å²) in [6, 6.07) is 0. The summed E-state index contributed by atoms with van der Waals surface area (Å²) in [7, 11) is 0. The van der Waals surface area contributed by atoms with Gasteiger partial charge in [-0.05, 0) is 12.8 Å². The van der Waals surface area contributed by atoms with Crippen molar-refractivity contribution in [2.24, 2.45) is 0 Å². The van der Waals surface area contributed by atoms with Crippen molar-refractivity contribution in [3.05, 3.63) is 0 Å². The third-order valence-electron chi connectivity index (χ3n) is 1.59. The number of carbonyl (C=O) groups is 1. The summed E-state index contributed by atoms with van der Waals surface area (Å²) in [6.45, 7) is 6.69. The molecule has 0 saturated heterocycles. The Balaban J connectivity index is 3.12. The van der Waals surface area contributed by atoms with E-state index in [1.807, 2.05) is 13.8 Å². The first-order chi connectivity index (χ1) is 7.81. The summed E-state index contributed by atoms with van der Waals surface area (Å²) in [5.74, 6) is 0. The molecule has 16 heavy (non-hydrogen) atoms. The largest absolute Gasteiger partial charge is 0.508 e. The average Bonchev–Trinajstić information content (AvgIpc) is 2.28. The lowest BCUT2D eigenvalue weighted by atomic mass is 10.5. The molecule has 0 aromatic rings. The van der Waals surface area contributed by atoms with Crippen LogP contribution in [0.5, 0.6) is 0 Å². The van der Waals surface area contributed by atoms with Gasteiger partial charge in [0.1, 0.15) is 13.2 Å². The lowest BCUT2D eigenvalue weighted by molar-refractivity contribution is 0.0111. The Morgan fingerprint density at radius 3 is 1.56 bits per heavy atom. The minimum absolute atomic E-state index is 0.231. The van der Waals surface area contributed by atoms with E-state index in [4.69, 9.17) is 18.9 Å². The molecule has 0 aliphatic rings. The SMILES string of the molecule is CCCOCCOC(=O)OCCOCCC. The van der Waals surface area contributed by atoms with E-state index in [0.29, 0.717) is 26.4 Å². The van der Waals surface area contributed by atoms with Crippen LogP contribution in [0.1, 0.15) is 26.7 Å². The van der Waals surface area contributed by atoms with Crippen LogP contribution in [0.25, 0.3) is 0 Å². The normalized spacial score (nSPS) is 10.1. The molecule has 0 N–H and O–H groups in total. The van der Waals surface area contributed by atoms with Crippen molar-refractivity contribution in [2.45, 2.75) is 26.7 Å². The van der Waals surface area contributed by atoms with E-state index in [1.54, 1.807) is 0 Å². The second kappa shape index (κ2) is 12.3. The van der Waals surface area contributed by atoms with E-state index in [-0.39, 0.29) is 13.2 Å². The average molecular weight is 234 g/mol. The van der Waals surface area contributed by atoms with Crippen LogP contribution >= 0.6 is 0 Å². The van der Waals surface area contributed by atoms with Gasteiger partial charge in [-0.3, -0.25) is 0 Å². The Morgan fingerprint density at radius 1 is 0.750 bits per heavy atom. The van der Waals surface area contributed by atoms with E-state index in [9.17, 15) is 4.79 Å². The smallest absolute Gasteiger partial charge is 0.432 e. The van der Waals surface area contributed by atoms with Gasteiger partial charge in [0.25, 0.3) is 0 Å². The van der Waals surface area contributed by atoms with Gasteiger partial charge < -0.3 is 18.9 Å². The van der Waals surface area contributed by atoms with E-state index < -0.39 is 6.16 Å². The summed E-state index contributed by atoms with van der Waals surface area (Å²) in [5.41, 5.74) is 0. The van der Waals surface area contributed by atoms with Gasteiger partial charge in [-0.1, -0.05) is 13.8 Å². The predicted molar refractivity (Wildman–Crippen MR) is 59.5 cm³/mol. The highest BCUT2D eigenvalue weighted by molar-refractivity contribution is 5.59. The first-order valence-electron chi connectivity index (χ1n) is 5.76. The molecule has 0 aromatic heterocycles. The monoisotopic (exact) mass is 234 g/mol. The number of carbonyl (C=O) groups excluding carboxylic acids is 1. The van der Waals surface area contributed by atoms with Crippen LogP contribution < -0.4 is 0 Å². The topological polar surface area (TPSA) is 54.0 Å². The maximum atomic E-state index is 11.0. The Hall–Kier alpha value is -0.810. The third-order valence-corrected chi connectivity index (χ3v) is 1.59. The van der Waals surface area contributed by atoms with Crippen molar-refractivity contribution >= 4 is 6.16 Å². The van der Waals surface area contributed by atoms with Crippen molar-refractivity contribution in [2.75, 3.05) is 39.6 Å². The minimum atomic E-state index is -0.666. The van der Waals surface area contributed by atoms with Crippen LogP contribution in [0.4, 0.5) is 4.79 Å². The van der Waals surface area contributed by atoms with Crippen LogP contribution in [0.3, 0.4) is 0 Å². The second-order valence-electron chi connectivity index (χ2n) is 3.17. The number of rotatable bonds is 10. The van der Waals surface area contributed by atoms with Gasteiger partial charge in [0.05, 0.1) is 13.2 Å². The van der Waals surface area contributed by atoms with Crippen molar-refractivity contribution in [3.63, 3.8) is 0 Å². The van der Waals surface area contributed by atoms with Gasteiger partial charge in [-0.15, -0.1) is 0 Å². The van der Waals surface area contributed by atoms with E-state index >= 15 is 0 Å². The molecule has 96 valence electrons. The fourth-order valence-corrected chi connectivity index (χ4v) is 0.902. The maximum Gasteiger partial charge on any atom is 0.508 e. The summed E-state index contributed by atoms with van der Waals surface area (Å²) < 4.78 is 19.8. The van der Waals surface area contributed by atoms with E-state index in [2.05, 4.69) is 0 Å². The van der Waals surface area contributed by atoms with Crippen molar-refractivity contribution in [1.82, 2.24) is 0 Å². The van der Waals surface area contributed by atoms with Crippen LogP contribution in [0.15, 0.2) is 0 Å². The molecule has 0 radical (unpaired) electrons. The van der Waals surface area contributed by atoms with E-state index in [0.717, 1.165) is 12.8 Å². The molecule has 0 bridgehead atoms. The van der Waals surface area contributed by atoms with Crippen LogP contribution in [-0.2, 0) is 18.9 Å². The summed E-state index contributed by atoms with van der Waals surface area (Å²) in [5, 5.41) is 0. The van der Waals surface area contributed by atoms with Crippen molar-refractivity contribution < 1.29 is 23.7 Å². The first-order valence-corrected chi connectivity index (χ1v) is 5.76. The fourth-order valence-electron chi connectivity index (χ4n) is 0.902. The molecule has 0 rings (SSSR count). The predicted octanol–water partition coefficient (Wildman–Crippen LogP) is 1.99. The highest BCUT2D eigenvalue weighted by Crippen LogP contribution is 1.88. The molecular weight excluding hydrogens is 212 g/mol. The molecule has 0 aromatic carbocycles. The molecule has 5 heteroatoms. The second-order valence-corrected chi connectivity index (χ2v) is 3.17. The lowest BCUT2D eigenvalue weighted by Crippen LogP contribution is -2.15. The summed E-state index contributed by atoms with van der Waals surface area (Å²) in [6.07, 6.45) is 1.25. The molecule has 0 spiro atoms. The molecule has 0 amide bonds. The number of ether oxygens (including phenoxy) is 4. The Bertz CT molecular complexity index is 144. The number of hydrogen-bond acceptors (Lipinski definition) is 5. The molecule has 0 atom stereocenters. The molecule has 0 heterocycles. The van der Waals surface area contributed by atoms with Crippen molar-refractivity contribution in [1.29, 1.82) is 0 Å². The Kier molecular flexibility index (Phi) is 11.6. The molecule has 5 nitrogen and oxygen atoms in total. The first kappa shape index (κ1) is 15.2. The molecule has 0 fully saturated rings. The molecular formula is C11H22O5. The number of hydrogen-bond donors (Lipinski definition) is 0. The molecule has 0 unspecified atom stereocenters. The van der Waals surface area contributed by atoms with Crippen molar-refractivity contribution in [3.8, 4) is 0 Å². The summed E-state index contributed by atoms with van der Waals surface area (Å²) in [4.78, 5) is 11.0. The lowest BCUT2D eigenvalue weighted by Gasteiger charge is -2.06. The zero-order chi connectivity index (χ0) is 12.1. The third kappa shape index (κ3) is 11.3. The molecule has 0 aliphatic heterocycles. The van der Waals surface area contributed by atoms with Crippen LogP contribution in [-0.4, -0.2) is 45.8 Å². The van der Waals surface area contributed by atoms with Gasteiger partial charge in [-0.2, -0.15) is 0 Å². The Labute approximate surface area is 97.0 Å². The highest BCUT2D eigenvalue weighted by atomic mass is 16.7. The molecule has 0 saturated carbocycles. The molecule has 0 aliphatic carbocycles. The fraction of sp³-hybridized carbons (Fsp3) is 0.909. The van der Waals surface area contributed by atoms with Gasteiger partial charge in [0, 0.05) is 13.2 Å². The highest BCUT2D eigenvalue weighted by Gasteiger charge is 2.02.